The molecule has 0 radical (unpaired) electrons. The average Bonchev–Trinajstić information content (AvgIpc) is 3.01. The zero-order valence-corrected chi connectivity index (χ0v) is 17.0. The van der Waals surface area contributed by atoms with E-state index in [1.54, 1.807) is 0 Å². The molecule has 4 aliphatic rings. The Morgan fingerprint density at radius 3 is 2.04 bits per heavy atom. The summed E-state index contributed by atoms with van der Waals surface area (Å²) in [5.74, 6) is 1.83. The van der Waals surface area contributed by atoms with Crippen LogP contribution in [0.5, 0.6) is 0 Å². The van der Waals surface area contributed by atoms with Gasteiger partial charge in [-0.25, -0.2) is 0 Å². The van der Waals surface area contributed by atoms with Gasteiger partial charge >= 0.3 is 0 Å². The topological polar surface area (TPSA) is 24.1 Å². The molecular formula is C22H40N2. The van der Waals surface area contributed by atoms with Crippen molar-refractivity contribution in [2.24, 2.45) is 33.5 Å². The van der Waals surface area contributed by atoms with Crippen LogP contribution in [0, 0.1) is 33.5 Å². The van der Waals surface area contributed by atoms with Gasteiger partial charge in [-0.05, 0) is 72.0 Å². The molecule has 138 valence electrons. The molecule has 0 aliphatic heterocycles. The zero-order valence-electron chi connectivity index (χ0n) is 17.0. The summed E-state index contributed by atoms with van der Waals surface area (Å²) in [5.41, 5.74) is 2.14. The van der Waals surface area contributed by atoms with Crippen LogP contribution in [0.2, 0.25) is 0 Å². The molecule has 6 atom stereocenters. The van der Waals surface area contributed by atoms with E-state index in [2.05, 4.69) is 52.2 Å². The van der Waals surface area contributed by atoms with Gasteiger partial charge in [0.15, 0.2) is 0 Å². The van der Waals surface area contributed by atoms with Crippen molar-refractivity contribution in [3.05, 3.63) is 0 Å². The van der Waals surface area contributed by atoms with Crippen LogP contribution in [0.25, 0.3) is 0 Å². The highest BCUT2D eigenvalue weighted by molar-refractivity contribution is 5.13. The first-order chi connectivity index (χ1) is 11.1. The molecule has 0 spiro atoms. The lowest BCUT2D eigenvalue weighted by atomic mass is 9.69. The molecule has 4 saturated carbocycles. The third-order valence-corrected chi connectivity index (χ3v) is 10.4. The highest BCUT2D eigenvalue weighted by atomic mass is 15.0. The summed E-state index contributed by atoms with van der Waals surface area (Å²) in [6.07, 6.45) is 8.55. The van der Waals surface area contributed by atoms with Crippen LogP contribution in [0.4, 0.5) is 0 Å². The number of hydrogen-bond acceptors (Lipinski definition) is 2. The lowest BCUT2D eigenvalue weighted by Gasteiger charge is -2.39. The van der Waals surface area contributed by atoms with Gasteiger partial charge in [-0.3, -0.25) is 0 Å². The van der Waals surface area contributed by atoms with E-state index in [1.165, 1.54) is 38.5 Å². The largest absolute Gasteiger partial charge is 0.312 e. The molecule has 0 heterocycles. The molecule has 2 heteroatoms. The number of fused-ring (bicyclic) bond motifs is 4. The van der Waals surface area contributed by atoms with Crippen molar-refractivity contribution in [1.29, 1.82) is 0 Å². The van der Waals surface area contributed by atoms with E-state index in [0.717, 1.165) is 37.0 Å². The first-order valence-corrected chi connectivity index (χ1v) is 10.6. The van der Waals surface area contributed by atoms with Crippen molar-refractivity contribution in [3.8, 4) is 0 Å². The van der Waals surface area contributed by atoms with Crippen LogP contribution >= 0.6 is 0 Å². The summed E-state index contributed by atoms with van der Waals surface area (Å²) in [6, 6.07) is 1.50. The lowest BCUT2D eigenvalue weighted by molar-refractivity contribution is 0.121. The second-order valence-electron chi connectivity index (χ2n) is 11.3. The van der Waals surface area contributed by atoms with E-state index >= 15 is 0 Å². The van der Waals surface area contributed by atoms with Crippen LogP contribution in [0.3, 0.4) is 0 Å². The van der Waals surface area contributed by atoms with Crippen LogP contribution in [0.15, 0.2) is 0 Å². The second kappa shape index (κ2) is 5.22. The monoisotopic (exact) mass is 332 g/mol. The SMILES string of the molecule is CC12CCC(C(NCCNC3CC4CCC3(C)C4(C)C)C1)C2(C)C. The van der Waals surface area contributed by atoms with E-state index in [0.29, 0.717) is 21.7 Å². The molecule has 24 heavy (non-hydrogen) atoms. The van der Waals surface area contributed by atoms with Gasteiger partial charge < -0.3 is 10.6 Å². The molecule has 4 rings (SSSR count). The van der Waals surface area contributed by atoms with E-state index in [-0.39, 0.29) is 0 Å². The Bertz CT molecular complexity index is 507. The highest BCUT2D eigenvalue weighted by Gasteiger charge is 2.61. The maximum atomic E-state index is 3.94. The molecule has 4 fully saturated rings. The Kier molecular flexibility index (Phi) is 3.77. The van der Waals surface area contributed by atoms with Crippen LogP contribution in [-0.2, 0) is 0 Å². The normalized spacial score (nSPS) is 50.8. The van der Waals surface area contributed by atoms with Gasteiger partial charge in [0, 0.05) is 25.2 Å². The average molecular weight is 333 g/mol. The molecule has 2 nitrogen and oxygen atoms in total. The van der Waals surface area contributed by atoms with Gasteiger partial charge in [-0.2, -0.15) is 0 Å². The molecule has 0 aromatic heterocycles. The summed E-state index contributed by atoms with van der Waals surface area (Å²) >= 11 is 0. The number of nitrogens with one attached hydrogen (secondary N) is 2. The Balaban J connectivity index is 1.27. The molecule has 0 aromatic carbocycles. The fourth-order valence-electron chi connectivity index (χ4n) is 7.53. The van der Waals surface area contributed by atoms with E-state index in [1.807, 2.05) is 0 Å². The standard InChI is InChI=1S/C22H40N2/c1-19(2)15-7-10-22(19,6)18(13-15)24-12-11-23-17-14-21(5)9-8-16(17)20(21,3)4/h15-18,23-24H,7-14H2,1-6H3. The lowest BCUT2D eigenvalue weighted by Crippen LogP contribution is -2.47. The third-order valence-electron chi connectivity index (χ3n) is 10.4. The fraction of sp³-hybridized carbons (Fsp3) is 1.00. The van der Waals surface area contributed by atoms with Crippen molar-refractivity contribution in [1.82, 2.24) is 10.6 Å². The molecule has 2 N–H and O–H groups in total. The van der Waals surface area contributed by atoms with Crippen LogP contribution in [-0.4, -0.2) is 25.2 Å². The Morgan fingerprint density at radius 2 is 1.54 bits per heavy atom. The molecule has 6 unspecified atom stereocenters. The predicted molar refractivity (Wildman–Crippen MR) is 102 cm³/mol. The Hall–Kier alpha value is -0.0800. The van der Waals surface area contributed by atoms with Crippen LogP contribution < -0.4 is 10.6 Å². The molecular weight excluding hydrogens is 292 g/mol. The van der Waals surface area contributed by atoms with Gasteiger partial charge in [0.05, 0.1) is 0 Å². The quantitative estimate of drug-likeness (QED) is 0.719. The maximum Gasteiger partial charge on any atom is 0.0129 e. The third kappa shape index (κ3) is 2.08. The Morgan fingerprint density at radius 1 is 0.833 bits per heavy atom. The van der Waals surface area contributed by atoms with E-state index in [4.69, 9.17) is 0 Å². The van der Waals surface area contributed by atoms with Gasteiger partial charge in [-0.15, -0.1) is 0 Å². The van der Waals surface area contributed by atoms with Crippen molar-refractivity contribution in [3.63, 3.8) is 0 Å². The highest BCUT2D eigenvalue weighted by Crippen LogP contribution is 2.66. The first kappa shape index (κ1) is 17.3. The number of rotatable bonds is 5. The molecule has 0 amide bonds. The van der Waals surface area contributed by atoms with E-state index < -0.39 is 0 Å². The smallest absolute Gasteiger partial charge is 0.0129 e. The van der Waals surface area contributed by atoms with Crippen molar-refractivity contribution in [2.75, 3.05) is 13.1 Å². The van der Waals surface area contributed by atoms with E-state index in [9.17, 15) is 0 Å². The Labute approximate surface area is 149 Å². The summed E-state index contributed by atoms with van der Waals surface area (Å²) in [7, 11) is 0. The number of hydrogen-bond donors (Lipinski definition) is 2. The van der Waals surface area contributed by atoms with Gasteiger partial charge in [0.2, 0.25) is 0 Å². The minimum atomic E-state index is 0.513. The summed E-state index contributed by atoms with van der Waals surface area (Å²) in [5, 5.41) is 7.88. The minimum absolute atomic E-state index is 0.513. The maximum absolute atomic E-state index is 3.94. The molecule has 4 aliphatic carbocycles. The van der Waals surface area contributed by atoms with Crippen molar-refractivity contribution >= 4 is 0 Å². The molecule has 0 aromatic rings. The van der Waals surface area contributed by atoms with Gasteiger partial charge in [0.1, 0.15) is 0 Å². The van der Waals surface area contributed by atoms with Crippen molar-refractivity contribution < 1.29 is 0 Å². The minimum Gasteiger partial charge on any atom is -0.312 e. The molecule has 0 saturated heterocycles. The summed E-state index contributed by atoms with van der Waals surface area (Å²) in [4.78, 5) is 0. The summed E-state index contributed by atoms with van der Waals surface area (Å²) in [6.45, 7) is 17.4. The molecule has 4 bridgehead atoms. The predicted octanol–water partition coefficient (Wildman–Crippen LogP) is 4.60. The first-order valence-electron chi connectivity index (χ1n) is 10.6. The second-order valence-corrected chi connectivity index (χ2v) is 11.3. The zero-order chi connectivity index (χ0) is 17.4. The fourth-order valence-corrected chi connectivity index (χ4v) is 7.53. The van der Waals surface area contributed by atoms with Crippen molar-refractivity contribution in [2.45, 2.75) is 92.2 Å². The summed E-state index contributed by atoms with van der Waals surface area (Å²) < 4.78 is 0. The van der Waals surface area contributed by atoms with Crippen LogP contribution in [0.1, 0.15) is 80.1 Å². The van der Waals surface area contributed by atoms with Gasteiger partial charge in [0.25, 0.3) is 0 Å². The van der Waals surface area contributed by atoms with Gasteiger partial charge in [-0.1, -0.05) is 41.5 Å².